The van der Waals surface area contributed by atoms with Crippen LogP contribution in [0.3, 0.4) is 0 Å². The van der Waals surface area contributed by atoms with Crippen molar-refractivity contribution in [3.05, 3.63) is 34.9 Å². The van der Waals surface area contributed by atoms with Crippen LogP contribution in [0.2, 0.25) is 0 Å². The van der Waals surface area contributed by atoms with Crippen molar-refractivity contribution in [1.82, 2.24) is 0 Å². The van der Waals surface area contributed by atoms with Crippen molar-refractivity contribution in [1.29, 1.82) is 0 Å². The minimum Gasteiger partial charge on any atom is -0.384 e. The summed E-state index contributed by atoms with van der Waals surface area (Å²) in [5, 5.41) is 10.1. The normalized spacial score (nSPS) is 26.1. The van der Waals surface area contributed by atoms with E-state index in [4.69, 9.17) is 5.73 Å². The molecular weight excluding hydrogens is 162 g/mol. The Morgan fingerprint density at radius 1 is 1.54 bits per heavy atom. The van der Waals surface area contributed by atoms with Gasteiger partial charge in [0.25, 0.3) is 0 Å². The van der Waals surface area contributed by atoms with Crippen molar-refractivity contribution < 1.29 is 5.11 Å². The first-order valence-electron chi connectivity index (χ1n) is 4.68. The molecule has 0 heterocycles. The van der Waals surface area contributed by atoms with Crippen molar-refractivity contribution in [3.63, 3.8) is 0 Å². The van der Waals surface area contributed by atoms with Crippen LogP contribution in [0.25, 0.3) is 0 Å². The highest BCUT2D eigenvalue weighted by molar-refractivity contribution is 5.40. The lowest BCUT2D eigenvalue weighted by molar-refractivity contribution is 0.0481. The summed E-state index contributed by atoms with van der Waals surface area (Å²) in [6, 6.07) is 6.18. The van der Waals surface area contributed by atoms with E-state index >= 15 is 0 Å². The zero-order valence-corrected chi connectivity index (χ0v) is 7.88. The molecule has 1 unspecified atom stereocenters. The molecule has 1 aromatic rings. The average molecular weight is 177 g/mol. The van der Waals surface area contributed by atoms with E-state index in [1.807, 2.05) is 12.1 Å². The lowest BCUT2D eigenvalue weighted by Gasteiger charge is -2.21. The minimum absolute atomic E-state index is 0.322. The van der Waals surface area contributed by atoms with Gasteiger partial charge in [0.05, 0.1) is 0 Å². The third-order valence-corrected chi connectivity index (χ3v) is 2.91. The first-order valence-corrected chi connectivity index (χ1v) is 4.68. The van der Waals surface area contributed by atoms with E-state index in [1.165, 1.54) is 11.1 Å². The molecule has 1 atom stereocenters. The fraction of sp³-hybridized carbons (Fsp3) is 0.455. The predicted octanol–water partition coefficient (Wildman–Crippen LogP) is 1.09. The van der Waals surface area contributed by atoms with E-state index in [-0.39, 0.29) is 0 Å². The third-order valence-electron chi connectivity index (χ3n) is 2.91. The summed E-state index contributed by atoms with van der Waals surface area (Å²) >= 11 is 0. The van der Waals surface area contributed by atoms with E-state index < -0.39 is 5.60 Å². The third kappa shape index (κ3) is 1.26. The van der Waals surface area contributed by atoms with Crippen molar-refractivity contribution in [2.75, 3.05) is 6.54 Å². The number of aryl methyl sites for hydroxylation is 2. The quantitative estimate of drug-likeness (QED) is 0.674. The predicted molar refractivity (Wildman–Crippen MR) is 52.5 cm³/mol. The van der Waals surface area contributed by atoms with Crippen LogP contribution in [0.1, 0.15) is 23.1 Å². The van der Waals surface area contributed by atoms with Crippen molar-refractivity contribution in [2.45, 2.75) is 25.4 Å². The Morgan fingerprint density at radius 3 is 3.00 bits per heavy atom. The molecule has 2 nitrogen and oxygen atoms in total. The van der Waals surface area contributed by atoms with Crippen LogP contribution in [0.15, 0.2) is 18.2 Å². The molecule has 1 aromatic carbocycles. The summed E-state index contributed by atoms with van der Waals surface area (Å²) < 4.78 is 0. The van der Waals surface area contributed by atoms with Crippen LogP contribution in [0.5, 0.6) is 0 Å². The molecule has 1 aliphatic carbocycles. The Labute approximate surface area is 78.4 Å². The molecule has 0 amide bonds. The van der Waals surface area contributed by atoms with Gasteiger partial charge in [-0.2, -0.15) is 0 Å². The van der Waals surface area contributed by atoms with Gasteiger partial charge >= 0.3 is 0 Å². The van der Waals surface area contributed by atoms with Gasteiger partial charge in [0, 0.05) is 6.54 Å². The summed E-state index contributed by atoms with van der Waals surface area (Å²) in [7, 11) is 0. The largest absolute Gasteiger partial charge is 0.384 e. The van der Waals surface area contributed by atoms with E-state index in [2.05, 4.69) is 13.0 Å². The summed E-state index contributed by atoms with van der Waals surface area (Å²) in [5.41, 5.74) is 8.35. The molecule has 0 saturated carbocycles. The summed E-state index contributed by atoms with van der Waals surface area (Å²) in [6.07, 6.45) is 1.72. The van der Waals surface area contributed by atoms with Crippen molar-refractivity contribution in [3.8, 4) is 0 Å². The van der Waals surface area contributed by atoms with Gasteiger partial charge in [-0.15, -0.1) is 0 Å². The Hall–Kier alpha value is -0.860. The fourth-order valence-electron chi connectivity index (χ4n) is 2.07. The number of nitrogens with two attached hydrogens (primary N) is 1. The lowest BCUT2D eigenvalue weighted by Crippen LogP contribution is -2.32. The maximum atomic E-state index is 10.1. The van der Waals surface area contributed by atoms with Crippen molar-refractivity contribution in [2.24, 2.45) is 5.73 Å². The SMILES string of the molecule is Cc1ccc2c(c1)CCC2(O)CN. The van der Waals surface area contributed by atoms with Gasteiger partial charge in [-0.25, -0.2) is 0 Å². The van der Waals surface area contributed by atoms with Crippen LogP contribution < -0.4 is 5.73 Å². The average Bonchev–Trinajstić information content (AvgIpc) is 2.45. The van der Waals surface area contributed by atoms with Gasteiger partial charge < -0.3 is 10.8 Å². The van der Waals surface area contributed by atoms with Gasteiger partial charge in [0.1, 0.15) is 5.60 Å². The Morgan fingerprint density at radius 2 is 2.31 bits per heavy atom. The molecule has 13 heavy (non-hydrogen) atoms. The zero-order valence-electron chi connectivity index (χ0n) is 7.88. The van der Waals surface area contributed by atoms with Crippen LogP contribution in [0.4, 0.5) is 0 Å². The Bertz CT molecular complexity index is 335. The molecule has 3 N–H and O–H groups in total. The van der Waals surface area contributed by atoms with Gasteiger partial charge in [-0.3, -0.25) is 0 Å². The van der Waals surface area contributed by atoms with E-state index in [0.29, 0.717) is 6.54 Å². The van der Waals surface area contributed by atoms with Crippen molar-refractivity contribution >= 4 is 0 Å². The van der Waals surface area contributed by atoms with Gasteiger partial charge in [-0.05, 0) is 30.9 Å². The second-order valence-corrected chi connectivity index (χ2v) is 3.90. The first kappa shape index (κ1) is 8.73. The maximum Gasteiger partial charge on any atom is 0.102 e. The minimum atomic E-state index is -0.761. The van der Waals surface area contributed by atoms with Gasteiger partial charge in [0.2, 0.25) is 0 Å². The van der Waals surface area contributed by atoms with Gasteiger partial charge in [0.15, 0.2) is 0 Å². The number of hydrogen-bond donors (Lipinski definition) is 2. The smallest absolute Gasteiger partial charge is 0.102 e. The standard InChI is InChI=1S/C11H15NO/c1-8-2-3-10-9(6-8)4-5-11(10,13)7-12/h2-3,6,13H,4-5,7,12H2,1H3. The Balaban J connectivity index is 2.49. The van der Waals surface area contributed by atoms with Crippen LogP contribution in [0, 0.1) is 6.92 Å². The summed E-state index contributed by atoms with van der Waals surface area (Å²) in [5.74, 6) is 0. The highest BCUT2D eigenvalue weighted by Crippen LogP contribution is 2.36. The number of aliphatic hydroxyl groups is 1. The van der Waals surface area contributed by atoms with Crippen LogP contribution in [-0.4, -0.2) is 11.7 Å². The molecule has 0 aromatic heterocycles. The monoisotopic (exact) mass is 177 g/mol. The number of fused-ring (bicyclic) bond motifs is 1. The maximum absolute atomic E-state index is 10.1. The van der Waals surface area contributed by atoms with Crippen LogP contribution in [-0.2, 0) is 12.0 Å². The Kier molecular flexibility index (Phi) is 1.90. The number of hydrogen-bond acceptors (Lipinski definition) is 2. The highest BCUT2D eigenvalue weighted by atomic mass is 16.3. The van der Waals surface area contributed by atoms with Crippen LogP contribution >= 0.6 is 0 Å². The second-order valence-electron chi connectivity index (χ2n) is 3.90. The molecule has 0 aliphatic heterocycles. The molecule has 0 saturated heterocycles. The van der Waals surface area contributed by atoms with E-state index in [1.54, 1.807) is 0 Å². The summed E-state index contributed by atoms with van der Waals surface area (Å²) in [6.45, 7) is 2.39. The summed E-state index contributed by atoms with van der Waals surface area (Å²) in [4.78, 5) is 0. The van der Waals surface area contributed by atoms with Gasteiger partial charge in [-0.1, -0.05) is 23.8 Å². The molecule has 0 spiro atoms. The molecule has 2 heteroatoms. The highest BCUT2D eigenvalue weighted by Gasteiger charge is 2.34. The lowest BCUT2D eigenvalue weighted by atomic mass is 9.95. The fourth-order valence-corrected chi connectivity index (χ4v) is 2.07. The molecule has 0 radical (unpaired) electrons. The van der Waals surface area contributed by atoms with E-state index in [0.717, 1.165) is 18.4 Å². The number of rotatable bonds is 1. The van der Waals surface area contributed by atoms with E-state index in [9.17, 15) is 5.11 Å². The molecule has 0 fully saturated rings. The first-order chi connectivity index (χ1) is 6.15. The number of benzene rings is 1. The topological polar surface area (TPSA) is 46.2 Å². The molecule has 70 valence electrons. The molecule has 2 rings (SSSR count). The molecule has 1 aliphatic rings. The molecular formula is C11H15NO. The second kappa shape index (κ2) is 2.82. The molecule has 0 bridgehead atoms. The zero-order chi connectivity index (χ0) is 9.47.